The molecule has 3 atom stereocenters. The van der Waals surface area contributed by atoms with Gasteiger partial charge in [-0.05, 0) is 30.4 Å². The zero-order valence-electron chi connectivity index (χ0n) is 12.5. The van der Waals surface area contributed by atoms with E-state index >= 15 is 0 Å². The molecule has 21 heavy (non-hydrogen) atoms. The third-order valence-electron chi connectivity index (χ3n) is 4.28. The smallest absolute Gasteiger partial charge is 0.340 e. The van der Waals surface area contributed by atoms with Crippen LogP contribution in [-0.2, 0) is 9.53 Å². The Morgan fingerprint density at radius 1 is 1.38 bits per heavy atom. The lowest BCUT2D eigenvalue weighted by molar-refractivity contribution is -0.125. The van der Waals surface area contributed by atoms with Crippen molar-refractivity contribution in [3.63, 3.8) is 0 Å². The first-order valence-electron chi connectivity index (χ1n) is 7.44. The van der Waals surface area contributed by atoms with Gasteiger partial charge in [0.15, 0.2) is 6.61 Å². The number of aromatic nitrogens is 1. The summed E-state index contributed by atoms with van der Waals surface area (Å²) in [5.74, 6) is 0.306. The largest absolute Gasteiger partial charge is 0.452 e. The SMILES string of the molecule is C[C@@H]1[C@H](C)CCC[C@@H]1NC(=O)COC(=O)c1cccnc1. The fourth-order valence-corrected chi connectivity index (χ4v) is 2.73. The van der Waals surface area contributed by atoms with Crippen molar-refractivity contribution >= 4 is 11.9 Å². The maximum absolute atomic E-state index is 11.9. The first kappa shape index (κ1) is 15.5. The van der Waals surface area contributed by atoms with Gasteiger partial charge in [-0.1, -0.05) is 26.7 Å². The Hall–Kier alpha value is -1.91. The zero-order valence-corrected chi connectivity index (χ0v) is 12.5. The third-order valence-corrected chi connectivity index (χ3v) is 4.28. The first-order valence-corrected chi connectivity index (χ1v) is 7.44. The van der Waals surface area contributed by atoms with Crippen LogP contribution in [0.1, 0.15) is 43.5 Å². The van der Waals surface area contributed by atoms with E-state index in [0.29, 0.717) is 17.4 Å². The number of ether oxygens (including phenoxy) is 1. The van der Waals surface area contributed by atoms with Crippen LogP contribution in [0.4, 0.5) is 0 Å². The molecule has 0 saturated heterocycles. The quantitative estimate of drug-likeness (QED) is 0.863. The second kappa shape index (κ2) is 7.20. The van der Waals surface area contributed by atoms with Crippen molar-refractivity contribution in [3.05, 3.63) is 30.1 Å². The first-order chi connectivity index (χ1) is 10.1. The topological polar surface area (TPSA) is 68.3 Å². The van der Waals surface area contributed by atoms with E-state index in [1.807, 2.05) is 0 Å². The number of hydrogen-bond acceptors (Lipinski definition) is 4. The number of pyridine rings is 1. The van der Waals surface area contributed by atoms with Crippen LogP contribution in [0.3, 0.4) is 0 Å². The summed E-state index contributed by atoms with van der Waals surface area (Å²) in [7, 11) is 0. The number of esters is 1. The summed E-state index contributed by atoms with van der Waals surface area (Å²) in [6.45, 7) is 4.13. The molecule has 1 heterocycles. The van der Waals surface area contributed by atoms with Gasteiger partial charge in [0.2, 0.25) is 0 Å². The van der Waals surface area contributed by atoms with Crippen molar-refractivity contribution in [2.24, 2.45) is 11.8 Å². The minimum atomic E-state index is -0.525. The van der Waals surface area contributed by atoms with Crippen LogP contribution in [0.15, 0.2) is 24.5 Å². The molecule has 1 aliphatic carbocycles. The van der Waals surface area contributed by atoms with Crippen LogP contribution >= 0.6 is 0 Å². The lowest BCUT2D eigenvalue weighted by Crippen LogP contribution is -2.45. The van der Waals surface area contributed by atoms with Crippen molar-refractivity contribution < 1.29 is 14.3 Å². The van der Waals surface area contributed by atoms with Crippen LogP contribution in [0.5, 0.6) is 0 Å². The van der Waals surface area contributed by atoms with Gasteiger partial charge in [-0.3, -0.25) is 9.78 Å². The fraction of sp³-hybridized carbons (Fsp3) is 0.562. The Balaban J connectivity index is 1.78. The monoisotopic (exact) mass is 290 g/mol. The Bertz CT molecular complexity index is 490. The number of carbonyl (C=O) groups is 2. The highest BCUT2D eigenvalue weighted by molar-refractivity contribution is 5.90. The Morgan fingerprint density at radius 2 is 2.19 bits per heavy atom. The lowest BCUT2D eigenvalue weighted by atomic mass is 9.78. The second-order valence-corrected chi connectivity index (χ2v) is 5.76. The molecule has 1 saturated carbocycles. The van der Waals surface area contributed by atoms with Gasteiger partial charge in [-0.15, -0.1) is 0 Å². The van der Waals surface area contributed by atoms with Crippen LogP contribution in [0, 0.1) is 11.8 Å². The maximum atomic E-state index is 11.9. The van der Waals surface area contributed by atoms with E-state index in [1.54, 1.807) is 18.3 Å². The molecule has 1 aromatic rings. The van der Waals surface area contributed by atoms with Crippen LogP contribution < -0.4 is 5.32 Å². The maximum Gasteiger partial charge on any atom is 0.340 e. The van der Waals surface area contributed by atoms with Gasteiger partial charge >= 0.3 is 5.97 Å². The normalized spacial score (nSPS) is 25.1. The van der Waals surface area contributed by atoms with Gasteiger partial charge < -0.3 is 10.1 Å². The fourth-order valence-electron chi connectivity index (χ4n) is 2.73. The number of rotatable bonds is 4. The van der Waals surface area contributed by atoms with Crippen molar-refractivity contribution in [1.82, 2.24) is 10.3 Å². The summed E-state index contributed by atoms with van der Waals surface area (Å²) in [6, 6.07) is 3.44. The van der Waals surface area contributed by atoms with Crippen LogP contribution in [0.25, 0.3) is 0 Å². The van der Waals surface area contributed by atoms with E-state index in [9.17, 15) is 9.59 Å². The highest BCUT2D eigenvalue weighted by atomic mass is 16.5. The summed E-state index contributed by atoms with van der Waals surface area (Å²) < 4.78 is 5.00. The van der Waals surface area contributed by atoms with E-state index in [1.165, 1.54) is 12.6 Å². The van der Waals surface area contributed by atoms with E-state index in [0.717, 1.165) is 12.8 Å². The summed E-state index contributed by atoms with van der Waals surface area (Å²) in [4.78, 5) is 27.5. The predicted octanol–water partition coefficient (Wildman–Crippen LogP) is 2.18. The summed E-state index contributed by atoms with van der Waals surface area (Å²) >= 11 is 0. The van der Waals surface area contributed by atoms with Gasteiger partial charge in [0.05, 0.1) is 5.56 Å². The van der Waals surface area contributed by atoms with Gasteiger partial charge in [-0.25, -0.2) is 4.79 Å². The summed E-state index contributed by atoms with van der Waals surface area (Å²) in [5.41, 5.74) is 0.352. The molecule has 0 aromatic carbocycles. The predicted molar refractivity (Wildman–Crippen MR) is 78.6 cm³/mol. The minimum Gasteiger partial charge on any atom is -0.452 e. The zero-order chi connectivity index (χ0) is 15.2. The molecule has 0 unspecified atom stereocenters. The van der Waals surface area contributed by atoms with Crippen LogP contribution in [-0.4, -0.2) is 29.5 Å². The van der Waals surface area contributed by atoms with Gasteiger partial charge in [-0.2, -0.15) is 0 Å². The van der Waals surface area contributed by atoms with Crippen molar-refractivity contribution in [1.29, 1.82) is 0 Å². The third kappa shape index (κ3) is 4.28. The van der Waals surface area contributed by atoms with Crippen molar-refractivity contribution in [2.45, 2.75) is 39.2 Å². The Morgan fingerprint density at radius 3 is 2.90 bits per heavy atom. The number of amides is 1. The molecule has 0 aliphatic heterocycles. The average Bonchev–Trinajstić information content (AvgIpc) is 2.50. The average molecular weight is 290 g/mol. The minimum absolute atomic E-state index is 0.179. The Kier molecular flexibility index (Phi) is 5.31. The molecule has 2 rings (SSSR count). The lowest BCUT2D eigenvalue weighted by Gasteiger charge is -2.34. The van der Waals surface area contributed by atoms with E-state index < -0.39 is 5.97 Å². The molecule has 1 aromatic heterocycles. The number of nitrogens with zero attached hydrogens (tertiary/aromatic N) is 1. The van der Waals surface area contributed by atoms with E-state index in [2.05, 4.69) is 24.1 Å². The van der Waals surface area contributed by atoms with E-state index in [-0.39, 0.29) is 18.6 Å². The van der Waals surface area contributed by atoms with Gasteiger partial charge in [0.25, 0.3) is 5.91 Å². The molecule has 1 amide bonds. The molecule has 5 nitrogen and oxygen atoms in total. The number of carbonyl (C=O) groups excluding carboxylic acids is 2. The van der Waals surface area contributed by atoms with Crippen LogP contribution in [0.2, 0.25) is 0 Å². The molecular weight excluding hydrogens is 268 g/mol. The Labute approximate surface area is 125 Å². The molecule has 1 fully saturated rings. The molecule has 0 radical (unpaired) electrons. The highest BCUT2D eigenvalue weighted by Gasteiger charge is 2.28. The molecule has 114 valence electrons. The van der Waals surface area contributed by atoms with Gasteiger partial charge in [0, 0.05) is 18.4 Å². The van der Waals surface area contributed by atoms with E-state index in [4.69, 9.17) is 4.74 Å². The number of hydrogen-bond donors (Lipinski definition) is 1. The molecule has 0 spiro atoms. The summed E-state index contributed by atoms with van der Waals surface area (Å²) in [6.07, 6.45) is 6.34. The standard InChI is InChI=1S/C16H22N2O3/c1-11-5-3-7-14(12(11)2)18-15(19)10-21-16(20)13-6-4-8-17-9-13/h4,6,8-9,11-12,14H,3,5,7,10H2,1-2H3,(H,18,19)/t11-,12-,14+/m1/s1. The highest BCUT2D eigenvalue weighted by Crippen LogP contribution is 2.29. The number of nitrogens with one attached hydrogen (secondary N) is 1. The second-order valence-electron chi connectivity index (χ2n) is 5.76. The molecular formula is C16H22N2O3. The molecule has 0 bridgehead atoms. The molecule has 1 aliphatic rings. The summed E-state index contributed by atoms with van der Waals surface area (Å²) in [5, 5.41) is 2.97. The molecule has 5 heteroatoms. The van der Waals surface area contributed by atoms with Crippen molar-refractivity contribution in [3.8, 4) is 0 Å². The van der Waals surface area contributed by atoms with Crippen molar-refractivity contribution in [2.75, 3.05) is 6.61 Å². The van der Waals surface area contributed by atoms with Gasteiger partial charge in [0.1, 0.15) is 0 Å². The molecule has 1 N–H and O–H groups in total.